The van der Waals surface area contributed by atoms with Gasteiger partial charge in [-0.3, -0.25) is 14.7 Å². The number of piperazine rings is 1. The van der Waals surface area contributed by atoms with Crippen molar-refractivity contribution in [1.82, 2.24) is 15.5 Å². The molecule has 2 fully saturated rings. The van der Waals surface area contributed by atoms with Crippen molar-refractivity contribution in [3.8, 4) is 5.75 Å². The lowest BCUT2D eigenvalue weighted by Crippen LogP contribution is -2.51. The molecule has 17 heteroatoms. The zero-order valence-corrected chi connectivity index (χ0v) is 27.8. The van der Waals surface area contributed by atoms with Gasteiger partial charge in [-0.1, -0.05) is 0 Å². The van der Waals surface area contributed by atoms with Crippen LogP contribution in [0.1, 0.15) is 30.1 Å². The molecule has 6 rings (SSSR count). The Morgan fingerprint density at radius 1 is 1.06 bits per heavy atom. The van der Waals surface area contributed by atoms with E-state index < -0.39 is 39.7 Å². The summed E-state index contributed by atoms with van der Waals surface area (Å²) in [5.74, 6) is -3.95. The largest absolute Gasteiger partial charge is 0.497 e. The van der Waals surface area contributed by atoms with Crippen LogP contribution < -0.4 is 25.2 Å². The lowest BCUT2D eigenvalue weighted by molar-refractivity contribution is -0.171. The van der Waals surface area contributed by atoms with E-state index in [1.54, 1.807) is 6.07 Å². The predicted octanol–water partition coefficient (Wildman–Crippen LogP) is 4.67. The molecule has 0 spiro atoms. The van der Waals surface area contributed by atoms with Crippen LogP contribution in [0.2, 0.25) is 0 Å². The van der Waals surface area contributed by atoms with Gasteiger partial charge in [0.05, 0.1) is 33.7 Å². The molecule has 2 amide bonds. The molecule has 2 saturated heterocycles. The molecule has 0 saturated carbocycles. The fraction of sp³-hybridized carbons (Fsp3) is 0.364. The van der Waals surface area contributed by atoms with E-state index in [4.69, 9.17) is 9.47 Å². The van der Waals surface area contributed by atoms with Crippen LogP contribution >= 0.6 is 0 Å². The maximum absolute atomic E-state index is 14.2. The molecule has 1 atom stereocenters. The minimum atomic E-state index is -5.24. The van der Waals surface area contributed by atoms with Crippen molar-refractivity contribution in [3.63, 3.8) is 0 Å². The summed E-state index contributed by atoms with van der Waals surface area (Å²) in [6.45, 7) is 4.02. The molecule has 0 aliphatic carbocycles. The van der Waals surface area contributed by atoms with Crippen molar-refractivity contribution in [3.05, 3.63) is 66.0 Å². The van der Waals surface area contributed by atoms with Crippen molar-refractivity contribution in [2.45, 2.75) is 47.8 Å². The van der Waals surface area contributed by atoms with Gasteiger partial charge in [0.1, 0.15) is 11.6 Å². The number of carbonyl (C=O) groups is 2. The number of aromatic nitrogens is 2. The van der Waals surface area contributed by atoms with Gasteiger partial charge in [0.25, 0.3) is 5.91 Å². The highest BCUT2D eigenvalue weighted by molar-refractivity contribution is 7.91. The summed E-state index contributed by atoms with van der Waals surface area (Å²) in [5, 5.41) is 12.8. The molecule has 2 aliphatic heterocycles. The number of halogens is 4. The number of benzene rings is 3. The summed E-state index contributed by atoms with van der Waals surface area (Å²) >= 11 is 0. The van der Waals surface area contributed by atoms with Gasteiger partial charge >= 0.3 is 12.1 Å². The Hall–Kier alpha value is -4.74. The van der Waals surface area contributed by atoms with E-state index >= 15 is 0 Å². The van der Waals surface area contributed by atoms with Crippen molar-refractivity contribution in [1.29, 1.82) is 0 Å². The van der Waals surface area contributed by atoms with Gasteiger partial charge in [-0.2, -0.15) is 18.3 Å². The van der Waals surface area contributed by atoms with E-state index in [1.807, 2.05) is 11.8 Å². The average molecular weight is 719 g/mol. The van der Waals surface area contributed by atoms with Crippen molar-refractivity contribution in [2.24, 2.45) is 0 Å². The number of nitrogens with zero attached hydrogens (tertiary/aromatic N) is 3. The lowest BCUT2D eigenvalue weighted by atomic mass is 10.0. The van der Waals surface area contributed by atoms with Crippen molar-refractivity contribution in [2.75, 3.05) is 55.1 Å². The van der Waals surface area contributed by atoms with Gasteiger partial charge in [-0.15, -0.1) is 0 Å². The van der Waals surface area contributed by atoms with Crippen molar-refractivity contribution >= 4 is 49.7 Å². The van der Waals surface area contributed by atoms with Crippen LogP contribution in [0.5, 0.6) is 5.75 Å². The monoisotopic (exact) mass is 718 g/mol. The first-order valence-electron chi connectivity index (χ1n) is 15.8. The number of carbonyl (C=O) groups excluding carboxylic acids is 2. The SMILES string of the molecule is COc1cc(F)cc(S(=O)(=O)c2ccc3[nH]nc(NC(=O)c4ccc(N5CCNCC5C)cc4N(C(=O)C(F)(F)F)C4CCOCC4)c3c2)c1. The Balaban J connectivity index is 1.41. The summed E-state index contributed by atoms with van der Waals surface area (Å²) < 4.78 is 94.0. The van der Waals surface area contributed by atoms with Crippen LogP contribution in [0.3, 0.4) is 0 Å². The van der Waals surface area contributed by atoms with Crippen LogP contribution in [0.15, 0.2) is 64.4 Å². The maximum Gasteiger partial charge on any atom is 0.471 e. The Morgan fingerprint density at radius 2 is 1.82 bits per heavy atom. The number of anilines is 3. The highest BCUT2D eigenvalue weighted by Gasteiger charge is 2.46. The fourth-order valence-corrected chi connectivity index (χ4v) is 7.57. The maximum atomic E-state index is 14.2. The first-order valence-corrected chi connectivity index (χ1v) is 17.2. The van der Waals surface area contributed by atoms with Crippen LogP contribution in [0.4, 0.5) is 34.8 Å². The van der Waals surface area contributed by atoms with E-state index in [0.29, 0.717) is 35.7 Å². The quantitative estimate of drug-likeness (QED) is 0.222. The number of aromatic amines is 1. The molecular formula is C33H34F4N6O6S. The van der Waals surface area contributed by atoms with E-state index in [9.17, 15) is 35.6 Å². The minimum Gasteiger partial charge on any atom is -0.497 e. The average Bonchev–Trinajstić information content (AvgIpc) is 3.50. The van der Waals surface area contributed by atoms with Gasteiger partial charge in [0.2, 0.25) is 9.84 Å². The molecule has 266 valence electrons. The summed E-state index contributed by atoms with van der Waals surface area (Å²) in [7, 11) is -3.01. The van der Waals surface area contributed by atoms with E-state index in [2.05, 4.69) is 20.8 Å². The number of fused-ring (bicyclic) bond motifs is 1. The number of alkyl halides is 3. The number of nitrogens with one attached hydrogen (secondary N) is 3. The van der Waals surface area contributed by atoms with Crippen LogP contribution in [-0.4, -0.2) is 88.6 Å². The first-order chi connectivity index (χ1) is 23.8. The third kappa shape index (κ3) is 6.97. The summed E-state index contributed by atoms with van der Waals surface area (Å²) in [4.78, 5) is 29.1. The van der Waals surface area contributed by atoms with Crippen molar-refractivity contribution < 1.29 is 45.0 Å². The third-order valence-electron chi connectivity index (χ3n) is 8.80. The Bertz CT molecular complexity index is 2030. The summed E-state index contributed by atoms with van der Waals surface area (Å²) in [6.07, 6.45) is -5.00. The highest BCUT2D eigenvalue weighted by Crippen LogP contribution is 2.36. The fourth-order valence-electron chi connectivity index (χ4n) is 6.24. The Kier molecular flexibility index (Phi) is 9.74. The second-order valence-corrected chi connectivity index (χ2v) is 14.0. The zero-order valence-electron chi connectivity index (χ0n) is 27.0. The standard InChI is InChI=1S/C33H34F4N6O6S/c1-19-18-38-9-10-42(19)22-3-5-26(29(15-22)43(32(45)33(35,36)37)21-7-11-49-12-8-21)31(44)39-30-27-17-24(4-6-28(27)40-41-30)50(46,47)25-14-20(34)13-23(16-25)48-2/h3-6,13-17,19,21,38H,7-12,18H2,1-2H3,(H2,39,40,41,44). The molecular weight excluding hydrogens is 684 g/mol. The normalized spacial score (nSPS) is 17.5. The number of rotatable bonds is 8. The van der Waals surface area contributed by atoms with Gasteiger partial charge in [0.15, 0.2) is 5.82 Å². The van der Waals surface area contributed by atoms with E-state index in [1.165, 1.54) is 43.5 Å². The molecule has 2 aliphatic rings. The van der Waals surface area contributed by atoms with Gasteiger partial charge in [-0.05, 0) is 68.3 Å². The number of H-pyrrole nitrogens is 1. The number of hydrogen-bond acceptors (Lipinski definition) is 9. The molecule has 3 N–H and O–H groups in total. The molecule has 0 bridgehead atoms. The smallest absolute Gasteiger partial charge is 0.471 e. The number of ether oxygens (including phenoxy) is 2. The number of amides is 2. The second-order valence-electron chi connectivity index (χ2n) is 12.0. The third-order valence-corrected chi connectivity index (χ3v) is 10.5. The van der Waals surface area contributed by atoms with E-state index in [-0.39, 0.29) is 70.1 Å². The zero-order chi connectivity index (χ0) is 35.8. The first kappa shape index (κ1) is 35.1. The summed E-state index contributed by atoms with van der Waals surface area (Å²) in [6, 6.07) is 10.4. The molecule has 3 heterocycles. The summed E-state index contributed by atoms with van der Waals surface area (Å²) in [5.41, 5.74) is 0.401. The van der Waals surface area contributed by atoms with Gasteiger partial charge < -0.3 is 29.9 Å². The van der Waals surface area contributed by atoms with Gasteiger partial charge in [-0.25, -0.2) is 12.8 Å². The number of hydrogen-bond donors (Lipinski definition) is 3. The second kappa shape index (κ2) is 13.9. The highest BCUT2D eigenvalue weighted by atomic mass is 32.2. The molecule has 0 radical (unpaired) electrons. The van der Waals surface area contributed by atoms with Gasteiger partial charge in [0, 0.05) is 62.1 Å². The number of sulfone groups is 1. The molecule has 3 aromatic carbocycles. The predicted molar refractivity (Wildman–Crippen MR) is 176 cm³/mol. The molecule has 4 aromatic rings. The molecule has 50 heavy (non-hydrogen) atoms. The lowest BCUT2D eigenvalue weighted by Gasteiger charge is -2.38. The van der Waals surface area contributed by atoms with Crippen LogP contribution in [0.25, 0.3) is 10.9 Å². The van der Waals surface area contributed by atoms with E-state index in [0.717, 1.165) is 12.1 Å². The molecule has 1 unspecified atom stereocenters. The minimum absolute atomic E-state index is 0.00653. The number of methoxy groups -OCH3 is 1. The topological polar surface area (TPSA) is 146 Å². The van der Waals surface area contributed by atoms with Crippen LogP contribution in [0, 0.1) is 5.82 Å². The Labute approximate surface area is 284 Å². The molecule has 1 aromatic heterocycles. The Morgan fingerprint density at radius 3 is 2.52 bits per heavy atom. The molecule has 12 nitrogen and oxygen atoms in total. The van der Waals surface area contributed by atoms with Crippen LogP contribution in [-0.2, 0) is 19.4 Å².